The van der Waals surface area contributed by atoms with Crippen molar-refractivity contribution in [2.75, 3.05) is 31.1 Å². The summed E-state index contributed by atoms with van der Waals surface area (Å²) < 4.78 is 0. The van der Waals surface area contributed by atoms with Gasteiger partial charge in [0.2, 0.25) is 5.95 Å². The van der Waals surface area contributed by atoms with Crippen molar-refractivity contribution in [2.24, 2.45) is 0 Å². The van der Waals surface area contributed by atoms with Crippen molar-refractivity contribution in [1.29, 1.82) is 0 Å². The number of aromatic amines is 1. The second kappa shape index (κ2) is 8.66. The maximum atomic E-state index is 12.2. The average Bonchev–Trinajstić information content (AvgIpc) is 2.75. The second-order valence-corrected chi connectivity index (χ2v) is 7.56. The molecule has 2 N–H and O–H groups in total. The van der Waals surface area contributed by atoms with Crippen molar-refractivity contribution < 1.29 is 10.1 Å². The summed E-state index contributed by atoms with van der Waals surface area (Å²) in [5.41, 5.74) is 1.83. The Morgan fingerprint density at radius 2 is 1.82 bits per heavy atom. The van der Waals surface area contributed by atoms with E-state index in [0.717, 1.165) is 75.6 Å². The lowest BCUT2D eigenvalue weighted by Crippen LogP contribution is -2.35. The van der Waals surface area contributed by atoms with E-state index >= 15 is 0 Å². The zero-order chi connectivity index (χ0) is 19.3. The molecule has 0 aliphatic carbocycles. The molecule has 0 saturated carbocycles. The van der Waals surface area contributed by atoms with Crippen molar-refractivity contribution in [3.8, 4) is 6.01 Å². The monoisotopic (exact) mass is 386 g/mol. The Bertz CT molecular complexity index is 826. The smallest absolute Gasteiger partial charge is 0.342 e. The molecule has 0 bridgehead atoms. The molecule has 9 heteroatoms. The van der Waals surface area contributed by atoms with Gasteiger partial charge in [-0.1, -0.05) is 0 Å². The first-order valence-corrected chi connectivity index (χ1v) is 9.92. The fourth-order valence-corrected chi connectivity index (χ4v) is 4.04. The summed E-state index contributed by atoms with van der Waals surface area (Å²) >= 11 is 0. The largest absolute Gasteiger partial charge is 0.352 e. The van der Waals surface area contributed by atoms with Crippen LogP contribution in [0.1, 0.15) is 49.3 Å². The lowest BCUT2D eigenvalue weighted by atomic mass is 9.93. The van der Waals surface area contributed by atoms with Gasteiger partial charge in [0.1, 0.15) is 0 Å². The van der Waals surface area contributed by atoms with Gasteiger partial charge < -0.3 is 4.90 Å². The molecule has 2 aromatic heterocycles. The van der Waals surface area contributed by atoms with Gasteiger partial charge in [-0.25, -0.2) is 15.0 Å². The first-order valence-electron chi connectivity index (χ1n) is 9.92. The minimum absolute atomic E-state index is 0.0488. The van der Waals surface area contributed by atoms with E-state index in [4.69, 9.17) is 10.2 Å². The van der Waals surface area contributed by atoms with Crippen molar-refractivity contribution >= 4 is 5.95 Å². The molecule has 2 aliphatic rings. The summed E-state index contributed by atoms with van der Waals surface area (Å²) in [4.78, 5) is 36.3. The maximum Gasteiger partial charge on any atom is 0.352 e. The molecule has 0 aromatic carbocycles. The summed E-state index contributed by atoms with van der Waals surface area (Å²) in [6, 6.07) is 1.61. The number of likely N-dealkylation sites (tertiary alicyclic amines) is 1. The number of anilines is 1. The van der Waals surface area contributed by atoms with Crippen LogP contribution in [0.4, 0.5) is 5.95 Å². The maximum absolute atomic E-state index is 12.2. The molecule has 0 spiro atoms. The number of piperidine rings is 2. The molecule has 28 heavy (non-hydrogen) atoms. The average molecular weight is 386 g/mol. The molecule has 0 unspecified atom stereocenters. The molecule has 150 valence electrons. The molecule has 0 amide bonds. The molecule has 2 fully saturated rings. The molecule has 0 radical (unpaired) electrons. The highest BCUT2D eigenvalue weighted by atomic mass is 17.1. The molecule has 4 heterocycles. The summed E-state index contributed by atoms with van der Waals surface area (Å²) in [5, 5.41) is 8.54. The summed E-state index contributed by atoms with van der Waals surface area (Å²) in [5.74, 6) is 1.04. The molecule has 2 aliphatic heterocycles. The molecule has 4 rings (SSSR count). The third kappa shape index (κ3) is 4.48. The lowest BCUT2D eigenvalue weighted by Gasteiger charge is -2.32. The molecule has 2 aromatic rings. The minimum atomic E-state index is -0.0589. The van der Waals surface area contributed by atoms with Crippen LogP contribution in [0, 0.1) is 0 Å². The van der Waals surface area contributed by atoms with E-state index < -0.39 is 0 Å². The molecular formula is C19H26N6O3. The summed E-state index contributed by atoms with van der Waals surface area (Å²) in [6.07, 6.45) is 8.81. The van der Waals surface area contributed by atoms with E-state index in [1.54, 1.807) is 18.5 Å². The second-order valence-electron chi connectivity index (χ2n) is 7.56. The van der Waals surface area contributed by atoms with E-state index in [1.807, 2.05) is 0 Å². The van der Waals surface area contributed by atoms with Gasteiger partial charge in [0, 0.05) is 49.6 Å². The number of H-pyrrole nitrogens is 1. The van der Waals surface area contributed by atoms with Crippen LogP contribution < -0.4 is 15.3 Å². The minimum Gasteiger partial charge on any atom is -0.342 e. The van der Waals surface area contributed by atoms with Crippen LogP contribution in [0.3, 0.4) is 0 Å². The zero-order valence-electron chi connectivity index (χ0n) is 15.9. The molecule has 0 atom stereocenters. The van der Waals surface area contributed by atoms with Crippen LogP contribution in [0.25, 0.3) is 0 Å². The van der Waals surface area contributed by atoms with E-state index in [-0.39, 0.29) is 11.6 Å². The van der Waals surface area contributed by atoms with Gasteiger partial charge >= 0.3 is 6.01 Å². The van der Waals surface area contributed by atoms with Gasteiger partial charge in [-0.15, -0.1) is 0 Å². The van der Waals surface area contributed by atoms with Gasteiger partial charge in [0.05, 0.1) is 5.69 Å². The highest BCUT2D eigenvalue weighted by Gasteiger charge is 2.24. The summed E-state index contributed by atoms with van der Waals surface area (Å²) in [6.45, 7) is 4.53. The predicted octanol–water partition coefficient (Wildman–Crippen LogP) is 1.78. The van der Waals surface area contributed by atoms with Crippen LogP contribution in [0.2, 0.25) is 0 Å². The number of nitrogens with zero attached hydrogens (tertiary/aromatic N) is 5. The Morgan fingerprint density at radius 1 is 1.11 bits per heavy atom. The van der Waals surface area contributed by atoms with Crippen molar-refractivity contribution in [2.45, 2.75) is 44.6 Å². The fraction of sp³-hybridized carbons (Fsp3) is 0.579. The van der Waals surface area contributed by atoms with E-state index in [0.29, 0.717) is 5.92 Å². The Labute approximate surface area is 163 Å². The first-order chi connectivity index (χ1) is 13.7. The van der Waals surface area contributed by atoms with Gasteiger partial charge in [0.15, 0.2) is 0 Å². The Morgan fingerprint density at radius 3 is 2.50 bits per heavy atom. The molecule has 9 nitrogen and oxygen atoms in total. The number of hydrogen-bond acceptors (Lipinski definition) is 8. The van der Waals surface area contributed by atoms with Crippen molar-refractivity contribution in [3.63, 3.8) is 0 Å². The highest BCUT2D eigenvalue weighted by Crippen LogP contribution is 2.28. The number of nitrogens with one attached hydrogen (secondary N) is 1. The van der Waals surface area contributed by atoms with Crippen molar-refractivity contribution in [1.82, 2.24) is 24.8 Å². The summed E-state index contributed by atoms with van der Waals surface area (Å²) in [7, 11) is 0. The fourth-order valence-electron chi connectivity index (χ4n) is 4.04. The molecule has 2 saturated heterocycles. The SMILES string of the molecule is O=c1cc(C2CCN(Cc3cnc(OO)nc3)CC2)nc(N2CCCCC2)[nH]1. The van der Waals surface area contributed by atoms with Gasteiger partial charge in [0.25, 0.3) is 5.56 Å². The topological polar surface area (TPSA) is 107 Å². The molecular weight excluding hydrogens is 360 g/mol. The standard InChI is InChI=1S/C19H26N6O3/c26-17-10-16(22-18(23-17)25-6-2-1-3-7-25)15-4-8-24(9-5-15)13-14-11-20-19(28-27)21-12-14/h10-12,15,27H,1-9,13H2,(H,22,23,26). The van der Waals surface area contributed by atoms with Crippen LogP contribution in [0.5, 0.6) is 6.01 Å². The Kier molecular flexibility index (Phi) is 5.82. The van der Waals surface area contributed by atoms with Gasteiger partial charge in [-0.2, -0.15) is 5.26 Å². The normalized spacial score (nSPS) is 19.0. The predicted molar refractivity (Wildman–Crippen MR) is 103 cm³/mol. The lowest BCUT2D eigenvalue weighted by molar-refractivity contribution is -0.146. The van der Waals surface area contributed by atoms with E-state index in [2.05, 4.69) is 29.6 Å². The van der Waals surface area contributed by atoms with E-state index in [1.165, 1.54) is 6.42 Å². The Balaban J connectivity index is 1.37. The number of aromatic nitrogens is 4. The van der Waals surface area contributed by atoms with Gasteiger partial charge in [-0.05, 0) is 45.2 Å². The number of hydrogen-bond donors (Lipinski definition) is 2. The number of rotatable bonds is 5. The quantitative estimate of drug-likeness (QED) is 0.591. The first kappa shape index (κ1) is 18.8. The van der Waals surface area contributed by atoms with Gasteiger partial charge in [-0.3, -0.25) is 19.6 Å². The third-order valence-electron chi connectivity index (χ3n) is 5.58. The third-order valence-corrected chi connectivity index (χ3v) is 5.58. The van der Waals surface area contributed by atoms with Crippen LogP contribution in [0.15, 0.2) is 23.3 Å². The van der Waals surface area contributed by atoms with E-state index in [9.17, 15) is 4.79 Å². The van der Waals surface area contributed by atoms with Crippen LogP contribution >= 0.6 is 0 Å². The zero-order valence-corrected chi connectivity index (χ0v) is 15.9. The van der Waals surface area contributed by atoms with Crippen LogP contribution in [-0.2, 0) is 6.54 Å². The Hall–Kier alpha value is -2.52. The highest BCUT2D eigenvalue weighted by molar-refractivity contribution is 5.31. The van der Waals surface area contributed by atoms with Crippen molar-refractivity contribution in [3.05, 3.63) is 40.1 Å². The van der Waals surface area contributed by atoms with Crippen LogP contribution in [-0.4, -0.2) is 56.3 Å².